The summed E-state index contributed by atoms with van der Waals surface area (Å²) < 4.78 is 27.0. The Morgan fingerprint density at radius 2 is 1.47 bits per heavy atom. The molecule has 1 unspecified atom stereocenters. The lowest BCUT2D eigenvalue weighted by atomic mass is 9.84. The van der Waals surface area contributed by atoms with Gasteiger partial charge >= 0.3 is 12.2 Å². The smallest absolute Gasteiger partial charge is 0.425 e. The van der Waals surface area contributed by atoms with Crippen molar-refractivity contribution in [3.8, 4) is 17.2 Å². The first-order valence-electron chi connectivity index (χ1n) is 13.6. The fourth-order valence-electron chi connectivity index (χ4n) is 4.25. The number of nitrogens with zero attached hydrogens (tertiary/aromatic N) is 2. The molecule has 1 aromatic carbocycles. The van der Waals surface area contributed by atoms with Crippen molar-refractivity contribution in [3.05, 3.63) is 41.6 Å². The number of benzene rings is 1. The van der Waals surface area contributed by atoms with E-state index in [4.69, 9.17) is 23.7 Å². The molecule has 13 heteroatoms. The second-order valence-corrected chi connectivity index (χ2v) is 11.8. The maximum atomic E-state index is 13.1. The summed E-state index contributed by atoms with van der Waals surface area (Å²) in [5.74, 6) is 0.0110. The summed E-state index contributed by atoms with van der Waals surface area (Å²) in [4.78, 5) is 56.6. The summed E-state index contributed by atoms with van der Waals surface area (Å²) in [6.45, 7) is 10.1. The number of amides is 4. The van der Waals surface area contributed by atoms with E-state index in [1.54, 1.807) is 59.7 Å². The number of rotatable bonds is 9. The molecule has 0 spiro atoms. The number of anilines is 1. The summed E-state index contributed by atoms with van der Waals surface area (Å²) >= 11 is 0. The van der Waals surface area contributed by atoms with Crippen molar-refractivity contribution in [1.82, 2.24) is 15.6 Å². The highest BCUT2D eigenvalue weighted by Crippen LogP contribution is 2.34. The lowest BCUT2D eigenvalue weighted by Gasteiger charge is -2.35. The molecule has 1 fully saturated rings. The molecule has 234 valence electrons. The predicted molar refractivity (Wildman–Crippen MR) is 156 cm³/mol. The molecule has 3 rings (SSSR count). The van der Waals surface area contributed by atoms with Crippen molar-refractivity contribution < 1.29 is 42.9 Å². The van der Waals surface area contributed by atoms with Gasteiger partial charge in [-0.15, -0.1) is 0 Å². The zero-order chi connectivity index (χ0) is 32.1. The first-order chi connectivity index (χ1) is 20.1. The van der Waals surface area contributed by atoms with E-state index < -0.39 is 41.3 Å². The number of hydrogen-bond acceptors (Lipinski definition) is 10. The minimum absolute atomic E-state index is 0.0413. The lowest BCUT2D eigenvalue weighted by Crippen LogP contribution is -2.65. The third-order valence-electron chi connectivity index (χ3n) is 6.22. The zero-order valence-corrected chi connectivity index (χ0v) is 26.0. The number of nitrogens with one attached hydrogen (secondary N) is 2. The number of methoxy groups -OCH3 is 3. The molecule has 1 aliphatic heterocycles. The van der Waals surface area contributed by atoms with E-state index in [9.17, 15) is 19.2 Å². The Kier molecular flexibility index (Phi) is 10.1. The summed E-state index contributed by atoms with van der Waals surface area (Å²) in [6, 6.07) is 5.67. The van der Waals surface area contributed by atoms with Crippen LogP contribution in [0.15, 0.2) is 30.5 Å². The summed E-state index contributed by atoms with van der Waals surface area (Å²) in [5.41, 5.74) is -0.610. The maximum absolute atomic E-state index is 13.1. The van der Waals surface area contributed by atoms with Gasteiger partial charge in [-0.1, -0.05) is 0 Å². The quantitative estimate of drug-likeness (QED) is 0.407. The van der Waals surface area contributed by atoms with E-state index >= 15 is 0 Å². The van der Waals surface area contributed by atoms with Gasteiger partial charge in [0.25, 0.3) is 0 Å². The Balaban J connectivity index is 1.78. The normalized spacial score (nSPS) is 16.3. The van der Waals surface area contributed by atoms with Gasteiger partial charge in [0.2, 0.25) is 11.8 Å². The maximum Gasteiger partial charge on any atom is 0.425 e. The summed E-state index contributed by atoms with van der Waals surface area (Å²) in [6.07, 6.45) is -0.380. The topological polar surface area (TPSA) is 155 Å². The van der Waals surface area contributed by atoms with Crippen LogP contribution in [-0.4, -0.2) is 67.6 Å². The van der Waals surface area contributed by atoms with E-state index in [0.717, 1.165) is 0 Å². The van der Waals surface area contributed by atoms with Gasteiger partial charge in [-0.2, -0.15) is 4.90 Å². The Labute approximate surface area is 251 Å². The lowest BCUT2D eigenvalue weighted by molar-refractivity contribution is -0.143. The molecule has 1 aliphatic rings. The largest absolute Gasteiger partial charge is 0.496 e. The fraction of sp³-hybridized carbons (Fsp3) is 0.500. The van der Waals surface area contributed by atoms with Crippen molar-refractivity contribution in [2.24, 2.45) is 5.92 Å². The average Bonchev–Trinajstić information content (AvgIpc) is 2.91. The number of ether oxygens (including phenoxy) is 5. The van der Waals surface area contributed by atoms with E-state index in [0.29, 0.717) is 33.3 Å². The molecule has 13 nitrogen and oxygen atoms in total. The third kappa shape index (κ3) is 8.49. The number of β-lactam (4-membered cyclic amide) rings is 1. The molecule has 0 saturated carbocycles. The SMILES string of the molecule is COc1cc(OC)c(CNC(=O)[C@H]2NC(=O)C2Cc2ccnc(N(C(=O)OC(C)(C)C)C(=O)OC(C)(C)C)c2)c(OC)c1. The minimum atomic E-state index is -0.963. The molecule has 43 heavy (non-hydrogen) atoms. The standard InChI is InChI=1S/C30H40N4O9/c1-29(2,3)42-27(37)34(28(38)43-30(4,5)6)23-13-17(10-11-31-23)12-19-24(33-25(19)35)26(36)32-16-20-21(40-8)14-18(39-7)15-22(20)41-9/h10-11,13-15,19,24H,12,16H2,1-9H3,(H,32,36)(H,33,35)/t19?,24-/m0/s1. The molecular formula is C30H40N4O9. The number of imide groups is 1. The van der Waals surface area contributed by atoms with Gasteiger partial charge in [0.1, 0.15) is 40.3 Å². The third-order valence-corrected chi connectivity index (χ3v) is 6.22. The molecule has 4 amide bonds. The second-order valence-electron chi connectivity index (χ2n) is 11.8. The van der Waals surface area contributed by atoms with Gasteiger partial charge in [0.15, 0.2) is 0 Å². The van der Waals surface area contributed by atoms with Gasteiger partial charge in [0.05, 0.1) is 39.4 Å². The van der Waals surface area contributed by atoms with Gasteiger partial charge < -0.3 is 34.3 Å². The number of carbonyl (C=O) groups excluding carboxylic acids is 4. The van der Waals surface area contributed by atoms with E-state index in [-0.39, 0.29) is 24.7 Å². The van der Waals surface area contributed by atoms with Crippen molar-refractivity contribution in [3.63, 3.8) is 0 Å². The molecule has 2 heterocycles. The molecule has 2 N–H and O–H groups in total. The predicted octanol–water partition coefficient (Wildman–Crippen LogP) is 3.76. The molecule has 1 saturated heterocycles. The summed E-state index contributed by atoms with van der Waals surface area (Å²) in [5, 5.41) is 5.47. The first-order valence-corrected chi connectivity index (χ1v) is 13.6. The van der Waals surface area contributed by atoms with Crippen LogP contribution in [-0.2, 0) is 32.0 Å². The summed E-state index contributed by atoms with van der Waals surface area (Å²) in [7, 11) is 4.52. The highest BCUT2D eigenvalue weighted by molar-refractivity contribution is 6.08. The van der Waals surface area contributed by atoms with Crippen LogP contribution in [0.4, 0.5) is 15.4 Å². The number of hydrogen-bond donors (Lipinski definition) is 2. The van der Waals surface area contributed by atoms with Gasteiger partial charge in [-0.25, -0.2) is 14.6 Å². The van der Waals surface area contributed by atoms with Crippen LogP contribution in [0.25, 0.3) is 0 Å². The van der Waals surface area contributed by atoms with E-state index in [2.05, 4.69) is 15.6 Å². The van der Waals surface area contributed by atoms with Crippen molar-refractivity contribution in [2.45, 2.75) is 71.8 Å². The van der Waals surface area contributed by atoms with Crippen LogP contribution in [0.5, 0.6) is 17.2 Å². The Morgan fingerprint density at radius 1 is 0.907 bits per heavy atom. The first kappa shape index (κ1) is 33.0. The number of pyridine rings is 1. The van der Waals surface area contributed by atoms with E-state index in [1.807, 2.05) is 0 Å². The van der Waals surface area contributed by atoms with Crippen LogP contribution in [0, 0.1) is 5.92 Å². The highest BCUT2D eigenvalue weighted by Gasteiger charge is 2.44. The zero-order valence-electron chi connectivity index (χ0n) is 26.0. The van der Waals surface area contributed by atoms with Crippen LogP contribution in [0.2, 0.25) is 0 Å². The minimum Gasteiger partial charge on any atom is -0.496 e. The molecule has 0 bridgehead atoms. The molecule has 2 atom stereocenters. The van der Waals surface area contributed by atoms with Crippen LogP contribution >= 0.6 is 0 Å². The second kappa shape index (κ2) is 13.2. The Bertz CT molecular complexity index is 1310. The molecule has 0 aliphatic carbocycles. The van der Waals surface area contributed by atoms with Gasteiger partial charge in [-0.05, 0) is 65.7 Å². The molecular weight excluding hydrogens is 560 g/mol. The number of aromatic nitrogens is 1. The van der Waals surface area contributed by atoms with Crippen molar-refractivity contribution >= 4 is 29.8 Å². The molecule has 2 aromatic rings. The van der Waals surface area contributed by atoms with Gasteiger partial charge in [0, 0.05) is 18.3 Å². The average molecular weight is 601 g/mol. The Morgan fingerprint density at radius 3 is 1.93 bits per heavy atom. The Hall–Kier alpha value is -4.55. The van der Waals surface area contributed by atoms with E-state index in [1.165, 1.54) is 33.6 Å². The van der Waals surface area contributed by atoms with Crippen LogP contribution < -0.4 is 29.7 Å². The monoisotopic (exact) mass is 600 g/mol. The van der Waals surface area contributed by atoms with Gasteiger partial charge in [-0.3, -0.25) is 9.59 Å². The van der Waals surface area contributed by atoms with Crippen LogP contribution in [0.1, 0.15) is 52.7 Å². The fourth-order valence-corrected chi connectivity index (χ4v) is 4.25. The number of carbonyl (C=O) groups is 4. The van der Waals surface area contributed by atoms with Crippen LogP contribution in [0.3, 0.4) is 0 Å². The molecule has 0 radical (unpaired) electrons. The molecule has 1 aromatic heterocycles. The van der Waals surface area contributed by atoms with Crippen molar-refractivity contribution in [1.29, 1.82) is 0 Å². The highest BCUT2D eigenvalue weighted by atomic mass is 16.6. The van der Waals surface area contributed by atoms with Crippen molar-refractivity contribution in [2.75, 3.05) is 26.2 Å².